The molecule has 0 saturated heterocycles. The average Bonchev–Trinajstić information content (AvgIpc) is 2.29. The van der Waals surface area contributed by atoms with Crippen LogP contribution < -0.4 is 0 Å². The van der Waals surface area contributed by atoms with Crippen LogP contribution in [0.4, 0.5) is 0 Å². The van der Waals surface area contributed by atoms with Gasteiger partial charge in [-0.2, -0.15) is 0 Å². The van der Waals surface area contributed by atoms with E-state index in [2.05, 4.69) is 9.73 Å². The molecule has 78 valence electrons. The summed E-state index contributed by atoms with van der Waals surface area (Å²) in [5, 5.41) is 0. The molecule has 0 aliphatic heterocycles. The van der Waals surface area contributed by atoms with Gasteiger partial charge in [0.1, 0.15) is 0 Å². The smallest absolute Gasteiger partial charge is 0.337 e. The highest BCUT2D eigenvalue weighted by molar-refractivity contribution is 5.89. The van der Waals surface area contributed by atoms with Crippen molar-refractivity contribution in [1.82, 2.24) is 0 Å². The number of carbonyl (C=O) groups excluding carboxylic acids is 2. The first kappa shape index (κ1) is 11.1. The average molecular weight is 205 g/mol. The van der Waals surface area contributed by atoms with Crippen LogP contribution in [-0.2, 0) is 16.0 Å². The molecule has 0 radical (unpaired) electrons. The van der Waals surface area contributed by atoms with Crippen molar-refractivity contribution in [3.05, 3.63) is 35.4 Å². The Labute approximate surface area is 87.6 Å². The summed E-state index contributed by atoms with van der Waals surface area (Å²) in [6.07, 6.45) is 2.08. The van der Waals surface area contributed by atoms with Gasteiger partial charge in [-0.1, -0.05) is 12.1 Å². The van der Waals surface area contributed by atoms with Crippen molar-refractivity contribution in [1.29, 1.82) is 0 Å². The van der Waals surface area contributed by atoms with Crippen LogP contribution in [0.5, 0.6) is 0 Å². The van der Waals surface area contributed by atoms with E-state index >= 15 is 0 Å². The third-order valence-electron chi connectivity index (χ3n) is 1.92. The van der Waals surface area contributed by atoms with Crippen LogP contribution in [0.2, 0.25) is 0 Å². The van der Waals surface area contributed by atoms with Gasteiger partial charge in [-0.05, 0) is 24.1 Å². The van der Waals surface area contributed by atoms with Gasteiger partial charge in [0, 0.05) is 0 Å². The molecular formula is C11H11NO3. The van der Waals surface area contributed by atoms with Gasteiger partial charge in [-0.15, -0.1) is 0 Å². The monoisotopic (exact) mass is 205 g/mol. The number of hydrogen-bond donors (Lipinski definition) is 0. The largest absolute Gasteiger partial charge is 0.465 e. The number of benzene rings is 1. The van der Waals surface area contributed by atoms with E-state index in [1.165, 1.54) is 13.2 Å². The van der Waals surface area contributed by atoms with Crippen molar-refractivity contribution in [2.75, 3.05) is 13.7 Å². The summed E-state index contributed by atoms with van der Waals surface area (Å²) in [6, 6.07) is 7.05. The fraction of sp³-hybridized carbons (Fsp3) is 0.273. The van der Waals surface area contributed by atoms with Crippen molar-refractivity contribution in [3.8, 4) is 0 Å². The molecule has 0 spiro atoms. The van der Waals surface area contributed by atoms with E-state index in [1.54, 1.807) is 18.2 Å². The summed E-state index contributed by atoms with van der Waals surface area (Å²) < 4.78 is 4.59. The quantitative estimate of drug-likeness (QED) is 0.423. The van der Waals surface area contributed by atoms with Gasteiger partial charge in [0.15, 0.2) is 0 Å². The molecule has 0 N–H and O–H groups in total. The Balaban J connectivity index is 2.73. The van der Waals surface area contributed by atoms with Crippen molar-refractivity contribution >= 4 is 12.0 Å². The minimum atomic E-state index is -0.365. The van der Waals surface area contributed by atoms with E-state index in [4.69, 9.17) is 0 Å². The number of methoxy groups -OCH3 is 1. The van der Waals surface area contributed by atoms with Crippen molar-refractivity contribution in [2.24, 2.45) is 4.99 Å². The first-order valence-electron chi connectivity index (χ1n) is 4.49. The summed E-state index contributed by atoms with van der Waals surface area (Å²) in [5.41, 5.74) is 1.45. The number of esters is 1. The van der Waals surface area contributed by atoms with Crippen LogP contribution in [0.1, 0.15) is 15.9 Å². The highest BCUT2D eigenvalue weighted by atomic mass is 16.5. The summed E-state index contributed by atoms with van der Waals surface area (Å²) in [7, 11) is 1.34. The molecule has 1 rings (SSSR count). The molecule has 0 bridgehead atoms. The van der Waals surface area contributed by atoms with Gasteiger partial charge in [-0.3, -0.25) is 0 Å². The minimum Gasteiger partial charge on any atom is -0.465 e. The number of ether oxygens (including phenoxy) is 1. The summed E-state index contributed by atoms with van der Waals surface area (Å²) in [6.45, 7) is 0.383. The van der Waals surface area contributed by atoms with Crippen molar-refractivity contribution in [2.45, 2.75) is 6.42 Å². The van der Waals surface area contributed by atoms with Gasteiger partial charge in [0.05, 0.1) is 19.2 Å². The van der Waals surface area contributed by atoms with E-state index in [0.29, 0.717) is 18.5 Å². The molecule has 0 atom stereocenters. The topological polar surface area (TPSA) is 55.7 Å². The lowest BCUT2D eigenvalue weighted by Gasteiger charge is -2.01. The van der Waals surface area contributed by atoms with Crippen LogP contribution in [0, 0.1) is 0 Å². The van der Waals surface area contributed by atoms with E-state index in [0.717, 1.165) is 5.56 Å². The highest BCUT2D eigenvalue weighted by Gasteiger charge is 2.04. The Morgan fingerprint density at radius 1 is 1.53 bits per heavy atom. The van der Waals surface area contributed by atoms with Crippen LogP contribution >= 0.6 is 0 Å². The molecule has 0 aliphatic rings. The SMILES string of the molecule is COC(=O)c1cccc(CCN=C=O)c1. The number of carbonyl (C=O) groups is 1. The molecule has 0 fully saturated rings. The van der Waals surface area contributed by atoms with Gasteiger partial charge in [-0.25, -0.2) is 14.6 Å². The fourth-order valence-electron chi connectivity index (χ4n) is 1.20. The lowest BCUT2D eigenvalue weighted by molar-refractivity contribution is 0.0600. The third kappa shape index (κ3) is 3.37. The van der Waals surface area contributed by atoms with Crippen LogP contribution in [0.25, 0.3) is 0 Å². The van der Waals surface area contributed by atoms with Gasteiger partial charge < -0.3 is 4.74 Å². The summed E-state index contributed by atoms with van der Waals surface area (Å²) in [5.74, 6) is -0.365. The van der Waals surface area contributed by atoms with Crippen LogP contribution in [0.15, 0.2) is 29.3 Å². The Kier molecular flexibility index (Phi) is 4.26. The maximum absolute atomic E-state index is 11.2. The maximum atomic E-state index is 11.2. The lowest BCUT2D eigenvalue weighted by Crippen LogP contribution is -2.02. The third-order valence-corrected chi connectivity index (χ3v) is 1.92. The zero-order valence-corrected chi connectivity index (χ0v) is 8.40. The Morgan fingerprint density at radius 2 is 2.33 bits per heavy atom. The van der Waals surface area contributed by atoms with E-state index < -0.39 is 0 Å². The number of hydrogen-bond acceptors (Lipinski definition) is 4. The van der Waals surface area contributed by atoms with Gasteiger partial charge >= 0.3 is 5.97 Å². The van der Waals surface area contributed by atoms with E-state index in [-0.39, 0.29) is 5.97 Å². The molecule has 0 aliphatic carbocycles. The molecule has 4 heteroatoms. The standard InChI is InChI=1S/C11H11NO3/c1-15-11(14)10-4-2-3-9(7-10)5-6-12-8-13/h2-4,7H,5-6H2,1H3. The first-order valence-corrected chi connectivity index (χ1v) is 4.49. The molecule has 0 aromatic heterocycles. The summed E-state index contributed by atoms with van der Waals surface area (Å²) >= 11 is 0. The number of nitrogens with zero attached hydrogens (tertiary/aromatic N) is 1. The number of aliphatic imine (C=N–C) groups is 1. The Morgan fingerprint density at radius 3 is 3.00 bits per heavy atom. The predicted molar refractivity (Wildman–Crippen MR) is 54.5 cm³/mol. The normalized spacial score (nSPS) is 9.13. The first-order chi connectivity index (χ1) is 7.27. The molecule has 4 nitrogen and oxygen atoms in total. The van der Waals surface area contributed by atoms with E-state index in [1.807, 2.05) is 6.07 Å². The molecule has 0 saturated carbocycles. The van der Waals surface area contributed by atoms with Crippen molar-refractivity contribution in [3.63, 3.8) is 0 Å². The fourth-order valence-corrected chi connectivity index (χ4v) is 1.20. The zero-order valence-electron chi connectivity index (χ0n) is 8.40. The van der Waals surface area contributed by atoms with E-state index in [9.17, 15) is 9.59 Å². The number of isocyanates is 1. The molecular weight excluding hydrogens is 194 g/mol. The zero-order chi connectivity index (χ0) is 11.1. The number of rotatable bonds is 4. The predicted octanol–water partition coefficient (Wildman–Crippen LogP) is 1.35. The lowest BCUT2D eigenvalue weighted by atomic mass is 10.1. The second-order valence-corrected chi connectivity index (χ2v) is 2.91. The molecule has 1 aromatic rings. The molecule has 1 aromatic carbocycles. The molecule has 0 amide bonds. The highest BCUT2D eigenvalue weighted by Crippen LogP contribution is 2.07. The molecule has 0 heterocycles. The second kappa shape index (κ2) is 5.73. The Hall–Kier alpha value is -1.93. The molecule has 15 heavy (non-hydrogen) atoms. The van der Waals surface area contributed by atoms with Crippen LogP contribution in [-0.4, -0.2) is 25.7 Å². The van der Waals surface area contributed by atoms with Crippen LogP contribution in [0.3, 0.4) is 0 Å². The Bertz CT molecular complexity index is 395. The van der Waals surface area contributed by atoms with Gasteiger partial charge in [0.25, 0.3) is 0 Å². The van der Waals surface area contributed by atoms with Gasteiger partial charge in [0.2, 0.25) is 6.08 Å². The maximum Gasteiger partial charge on any atom is 0.337 e. The molecule has 0 unspecified atom stereocenters. The summed E-state index contributed by atoms with van der Waals surface area (Å²) in [4.78, 5) is 24.5. The second-order valence-electron chi connectivity index (χ2n) is 2.91. The minimum absolute atomic E-state index is 0.365. The van der Waals surface area contributed by atoms with Crippen molar-refractivity contribution < 1.29 is 14.3 Å².